The fourth-order valence-corrected chi connectivity index (χ4v) is 1.92. The lowest BCUT2D eigenvalue weighted by Crippen LogP contribution is -2.26. The van der Waals surface area contributed by atoms with Crippen LogP contribution in [0, 0.1) is 0 Å². The maximum atomic E-state index is 11.9. The molecule has 0 bridgehead atoms. The lowest BCUT2D eigenvalue weighted by atomic mass is 9.93. The minimum absolute atomic E-state index is 0.0267. The summed E-state index contributed by atoms with van der Waals surface area (Å²) in [6, 6.07) is 9.99. The Kier molecular flexibility index (Phi) is 5.70. The van der Waals surface area contributed by atoms with E-state index in [1.165, 1.54) is 0 Å². The minimum Gasteiger partial charge on any atom is -0.359 e. The number of rotatable bonds is 6. The second-order valence-corrected chi connectivity index (χ2v) is 4.52. The summed E-state index contributed by atoms with van der Waals surface area (Å²) in [5, 5.41) is 2.75. The highest BCUT2D eigenvalue weighted by molar-refractivity contribution is 5.83. The fourth-order valence-electron chi connectivity index (χ4n) is 1.92. The minimum atomic E-state index is -0.0267. The summed E-state index contributed by atoms with van der Waals surface area (Å²) < 4.78 is 0. The number of nitrogens with zero attached hydrogens (tertiary/aromatic N) is 1. The van der Waals surface area contributed by atoms with Gasteiger partial charge in [-0.15, -0.1) is 0 Å². The van der Waals surface area contributed by atoms with Crippen molar-refractivity contribution in [1.82, 2.24) is 10.2 Å². The summed E-state index contributed by atoms with van der Waals surface area (Å²) in [6.45, 7) is 1.01. The number of hydrogen-bond donors (Lipinski definition) is 1. The fraction of sp³-hybridized carbons (Fsp3) is 0.500. The molecule has 0 fully saturated rings. The Hall–Kier alpha value is -1.35. The Morgan fingerprint density at radius 1 is 1.29 bits per heavy atom. The molecule has 0 aliphatic carbocycles. The van der Waals surface area contributed by atoms with Crippen LogP contribution in [0.2, 0.25) is 0 Å². The van der Waals surface area contributed by atoms with E-state index in [-0.39, 0.29) is 11.8 Å². The average Bonchev–Trinajstić information content (AvgIpc) is 2.34. The highest BCUT2D eigenvalue weighted by atomic mass is 16.1. The third kappa shape index (κ3) is 4.57. The number of carbonyl (C=O) groups excluding carboxylic acids is 1. The van der Waals surface area contributed by atoms with Gasteiger partial charge in [0.25, 0.3) is 0 Å². The Balaban J connectivity index is 2.65. The number of benzene rings is 1. The Labute approximate surface area is 104 Å². The SMILES string of the molecule is CNC(=O)C(CCCN(C)C)c1ccccc1. The molecule has 1 amide bonds. The van der Waals surface area contributed by atoms with Crippen LogP contribution in [0.3, 0.4) is 0 Å². The van der Waals surface area contributed by atoms with Gasteiger partial charge in [0.15, 0.2) is 0 Å². The second kappa shape index (κ2) is 7.07. The van der Waals surface area contributed by atoms with Crippen molar-refractivity contribution in [3.05, 3.63) is 35.9 Å². The van der Waals surface area contributed by atoms with E-state index in [0.717, 1.165) is 24.9 Å². The number of amides is 1. The third-order valence-corrected chi connectivity index (χ3v) is 2.86. The van der Waals surface area contributed by atoms with Crippen molar-refractivity contribution < 1.29 is 4.79 Å². The smallest absolute Gasteiger partial charge is 0.227 e. The van der Waals surface area contributed by atoms with Crippen LogP contribution in [-0.4, -0.2) is 38.5 Å². The van der Waals surface area contributed by atoms with Crippen molar-refractivity contribution in [1.29, 1.82) is 0 Å². The lowest BCUT2D eigenvalue weighted by Gasteiger charge is -2.17. The molecule has 0 aliphatic rings. The molecule has 1 unspecified atom stereocenters. The summed E-state index contributed by atoms with van der Waals surface area (Å²) in [5.41, 5.74) is 1.10. The van der Waals surface area contributed by atoms with E-state index >= 15 is 0 Å². The molecule has 3 nitrogen and oxygen atoms in total. The number of hydrogen-bond acceptors (Lipinski definition) is 2. The Morgan fingerprint density at radius 3 is 2.47 bits per heavy atom. The topological polar surface area (TPSA) is 32.3 Å². The first-order valence-corrected chi connectivity index (χ1v) is 6.06. The zero-order valence-corrected chi connectivity index (χ0v) is 10.9. The highest BCUT2D eigenvalue weighted by Gasteiger charge is 2.18. The molecule has 3 heteroatoms. The normalized spacial score (nSPS) is 12.5. The molecule has 0 saturated heterocycles. The maximum absolute atomic E-state index is 11.9. The summed E-state index contributed by atoms with van der Waals surface area (Å²) in [7, 11) is 5.80. The highest BCUT2D eigenvalue weighted by Crippen LogP contribution is 2.21. The van der Waals surface area contributed by atoms with Crippen LogP contribution in [0.1, 0.15) is 24.3 Å². The first kappa shape index (κ1) is 13.7. The zero-order valence-electron chi connectivity index (χ0n) is 10.9. The van der Waals surface area contributed by atoms with Gasteiger partial charge in [-0.3, -0.25) is 4.79 Å². The standard InChI is InChI=1S/C14H22N2O/c1-15-14(17)13(10-7-11-16(2)3)12-8-5-4-6-9-12/h4-6,8-9,13H,7,10-11H2,1-3H3,(H,15,17). The van der Waals surface area contributed by atoms with Crippen molar-refractivity contribution in [2.45, 2.75) is 18.8 Å². The van der Waals surface area contributed by atoms with Crippen molar-refractivity contribution in [3.63, 3.8) is 0 Å². The monoisotopic (exact) mass is 234 g/mol. The van der Waals surface area contributed by atoms with Gasteiger partial charge in [-0.05, 0) is 39.0 Å². The number of carbonyl (C=O) groups is 1. The second-order valence-electron chi connectivity index (χ2n) is 4.52. The summed E-state index contributed by atoms with van der Waals surface area (Å²) >= 11 is 0. The van der Waals surface area contributed by atoms with E-state index < -0.39 is 0 Å². The molecule has 1 N–H and O–H groups in total. The molecule has 0 aliphatic heterocycles. The summed E-state index contributed by atoms with van der Waals surface area (Å²) in [6.07, 6.45) is 1.92. The van der Waals surface area contributed by atoms with E-state index in [1.807, 2.05) is 30.3 Å². The van der Waals surface area contributed by atoms with Gasteiger partial charge in [0.1, 0.15) is 0 Å². The molecule has 0 radical (unpaired) electrons. The van der Waals surface area contributed by atoms with Gasteiger partial charge in [0.2, 0.25) is 5.91 Å². The zero-order chi connectivity index (χ0) is 12.7. The molecule has 94 valence electrons. The lowest BCUT2D eigenvalue weighted by molar-refractivity contribution is -0.122. The van der Waals surface area contributed by atoms with E-state index in [1.54, 1.807) is 7.05 Å². The van der Waals surface area contributed by atoms with Gasteiger partial charge in [-0.1, -0.05) is 30.3 Å². The molecule has 1 rings (SSSR count). The molecule has 1 atom stereocenters. The van der Waals surface area contributed by atoms with E-state index in [2.05, 4.69) is 24.3 Å². The molecule has 17 heavy (non-hydrogen) atoms. The molecule has 0 aromatic heterocycles. The Bertz CT molecular complexity index is 335. The van der Waals surface area contributed by atoms with Crippen LogP contribution in [0.25, 0.3) is 0 Å². The summed E-state index contributed by atoms with van der Waals surface area (Å²) in [4.78, 5) is 14.0. The van der Waals surface area contributed by atoms with Gasteiger partial charge in [0, 0.05) is 7.05 Å². The van der Waals surface area contributed by atoms with Crippen molar-refractivity contribution in [3.8, 4) is 0 Å². The van der Waals surface area contributed by atoms with E-state index in [4.69, 9.17) is 0 Å². The molecule has 0 heterocycles. The predicted octanol–water partition coefficient (Wildman–Crippen LogP) is 1.86. The van der Waals surface area contributed by atoms with Crippen LogP contribution >= 0.6 is 0 Å². The summed E-state index contributed by atoms with van der Waals surface area (Å²) in [5.74, 6) is 0.0797. The van der Waals surface area contributed by atoms with Crippen LogP contribution < -0.4 is 5.32 Å². The molecular formula is C14H22N2O. The van der Waals surface area contributed by atoms with E-state index in [0.29, 0.717) is 0 Å². The molecule has 0 spiro atoms. The van der Waals surface area contributed by atoms with E-state index in [9.17, 15) is 4.79 Å². The largest absolute Gasteiger partial charge is 0.359 e. The molecule has 1 aromatic carbocycles. The molecule has 0 saturated carbocycles. The van der Waals surface area contributed by atoms with Gasteiger partial charge in [0.05, 0.1) is 5.92 Å². The van der Waals surface area contributed by atoms with Crippen molar-refractivity contribution in [2.75, 3.05) is 27.7 Å². The third-order valence-electron chi connectivity index (χ3n) is 2.86. The van der Waals surface area contributed by atoms with Gasteiger partial charge in [-0.25, -0.2) is 0 Å². The number of likely N-dealkylation sites (N-methyl/N-ethyl adjacent to an activating group) is 1. The van der Waals surface area contributed by atoms with Crippen LogP contribution in [-0.2, 0) is 4.79 Å². The Morgan fingerprint density at radius 2 is 1.94 bits per heavy atom. The first-order valence-electron chi connectivity index (χ1n) is 6.06. The van der Waals surface area contributed by atoms with Crippen LogP contribution in [0.15, 0.2) is 30.3 Å². The van der Waals surface area contributed by atoms with Crippen LogP contribution in [0.4, 0.5) is 0 Å². The maximum Gasteiger partial charge on any atom is 0.227 e. The van der Waals surface area contributed by atoms with Gasteiger partial charge in [-0.2, -0.15) is 0 Å². The van der Waals surface area contributed by atoms with Crippen LogP contribution in [0.5, 0.6) is 0 Å². The average molecular weight is 234 g/mol. The van der Waals surface area contributed by atoms with Gasteiger partial charge >= 0.3 is 0 Å². The van der Waals surface area contributed by atoms with Crippen molar-refractivity contribution >= 4 is 5.91 Å². The molecular weight excluding hydrogens is 212 g/mol. The molecule has 1 aromatic rings. The van der Waals surface area contributed by atoms with Gasteiger partial charge < -0.3 is 10.2 Å². The predicted molar refractivity (Wildman–Crippen MR) is 71.0 cm³/mol. The quantitative estimate of drug-likeness (QED) is 0.815. The first-order chi connectivity index (χ1) is 8.15. The van der Waals surface area contributed by atoms with Crippen molar-refractivity contribution in [2.24, 2.45) is 0 Å². The number of nitrogens with one attached hydrogen (secondary N) is 1.